The van der Waals surface area contributed by atoms with Gasteiger partial charge in [-0.1, -0.05) is 0 Å². The van der Waals surface area contributed by atoms with Gasteiger partial charge in [0.2, 0.25) is 0 Å². The lowest BCUT2D eigenvalue weighted by Gasteiger charge is -2.13. The molecule has 0 spiro atoms. The fourth-order valence-electron chi connectivity index (χ4n) is 1.66. The van der Waals surface area contributed by atoms with Gasteiger partial charge < -0.3 is 10.5 Å². The van der Waals surface area contributed by atoms with Crippen molar-refractivity contribution in [2.24, 2.45) is 5.73 Å². The first-order valence-electron chi connectivity index (χ1n) is 4.56. The summed E-state index contributed by atoms with van der Waals surface area (Å²) in [5.41, 5.74) is 6.37. The van der Waals surface area contributed by atoms with Gasteiger partial charge in [-0.05, 0) is 40.9 Å². The molecular formula is C10H11BrFNO. The van der Waals surface area contributed by atoms with Crippen LogP contribution in [-0.2, 0) is 0 Å². The molecule has 76 valence electrons. The predicted octanol–water partition coefficient (Wildman–Crippen LogP) is 2.76. The van der Waals surface area contributed by atoms with Gasteiger partial charge in [0.15, 0.2) is 0 Å². The highest BCUT2D eigenvalue weighted by Gasteiger charge is 2.22. The Morgan fingerprint density at radius 2 is 2.29 bits per heavy atom. The van der Waals surface area contributed by atoms with Gasteiger partial charge in [-0.3, -0.25) is 0 Å². The number of ether oxygens (including phenoxy) is 1. The van der Waals surface area contributed by atoms with Gasteiger partial charge in [-0.15, -0.1) is 0 Å². The van der Waals surface area contributed by atoms with E-state index in [9.17, 15) is 4.39 Å². The number of hydrogen-bond acceptors (Lipinski definition) is 2. The first kappa shape index (κ1) is 9.93. The monoisotopic (exact) mass is 259 g/mol. The van der Waals surface area contributed by atoms with Crippen LogP contribution in [-0.4, -0.2) is 6.61 Å². The summed E-state index contributed by atoms with van der Waals surface area (Å²) >= 11 is 3.33. The van der Waals surface area contributed by atoms with E-state index >= 15 is 0 Å². The molecule has 1 heterocycles. The number of fused-ring (bicyclic) bond motifs is 1. The summed E-state index contributed by atoms with van der Waals surface area (Å²) in [6.45, 7) is 0.600. The molecule has 0 aliphatic carbocycles. The van der Waals surface area contributed by atoms with Crippen molar-refractivity contribution in [1.29, 1.82) is 0 Å². The second-order valence-corrected chi connectivity index (χ2v) is 4.22. The molecule has 2 nitrogen and oxygen atoms in total. The highest BCUT2D eigenvalue weighted by molar-refractivity contribution is 9.10. The third kappa shape index (κ3) is 1.64. The summed E-state index contributed by atoms with van der Waals surface area (Å²) in [6, 6.07) is 2.80. The van der Waals surface area contributed by atoms with E-state index in [4.69, 9.17) is 10.5 Å². The summed E-state index contributed by atoms with van der Waals surface area (Å²) in [6.07, 6.45) is 1.63. The number of benzene rings is 1. The lowest BCUT2D eigenvalue weighted by atomic mass is 10.0. The number of hydrogen-bond donors (Lipinski definition) is 1. The van der Waals surface area contributed by atoms with Crippen molar-refractivity contribution in [3.8, 4) is 5.75 Å². The van der Waals surface area contributed by atoms with Crippen LogP contribution in [0, 0.1) is 5.82 Å². The van der Waals surface area contributed by atoms with Crippen molar-refractivity contribution in [3.63, 3.8) is 0 Å². The summed E-state index contributed by atoms with van der Waals surface area (Å²) in [7, 11) is 0. The lowest BCUT2D eigenvalue weighted by Crippen LogP contribution is -2.11. The topological polar surface area (TPSA) is 35.2 Å². The Hall–Kier alpha value is -0.610. The minimum atomic E-state index is -0.280. The molecule has 0 saturated heterocycles. The van der Waals surface area contributed by atoms with E-state index in [1.54, 1.807) is 6.07 Å². The molecule has 1 aliphatic heterocycles. The molecule has 2 N–H and O–H groups in total. The molecule has 1 atom stereocenters. The van der Waals surface area contributed by atoms with Crippen molar-refractivity contribution in [1.82, 2.24) is 0 Å². The summed E-state index contributed by atoms with van der Waals surface area (Å²) < 4.78 is 19.7. The highest BCUT2D eigenvalue weighted by Crippen LogP contribution is 2.37. The van der Waals surface area contributed by atoms with E-state index in [0.29, 0.717) is 17.9 Å². The minimum Gasteiger partial charge on any atom is -0.492 e. The molecule has 1 aromatic rings. The molecule has 0 fully saturated rings. The van der Waals surface area contributed by atoms with Crippen LogP contribution in [0.1, 0.15) is 24.4 Å². The summed E-state index contributed by atoms with van der Waals surface area (Å²) in [4.78, 5) is 0. The molecule has 4 heteroatoms. The predicted molar refractivity (Wildman–Crippen MR) is 55.8 cm³/mol. The average molecular weight is 260 g/mol. The lowest BCUT2D eigenvalue weighted by molar-refractivity contribution is 0.313. The zero-order valence-electron chi connectivity index (χ0n) is 7.59. The second kappa shape index (κ2) is 3.87. The van der Waals surface area contributed by atoms with Gasteiger partial charge in [0.1, 0.15) is 11.6 Å². The molecule has 0 unspecified atom stereocenters. The van der Waals surface area contributed by atoms with E-state index < -0.39 is 0 Å². The molecule has 0 radical (unpaired) electrons. The third-order valence-corrected chi connectivity index (χ3v) is 3.00. The van der Waals surface area contributed by atoms with Gasteiger partial charge in [-0.2, -0.15) is 0 Å². The Bertz CT molecular complexity index is 356. The van der Waals surface area contributed by atoms with E-state index in [0.717, 1.165) is 17.3 Å². The molecule has 0 bridgehead atoms. The van der Waals surface area contributed by atoms with Crippen LogP contribution in [0.15, 0.2) is 16.6 Å². The fraction of sp³-hybridized carbons (Fsp3) is 0.400. The first-order valence-corrected chi connectivity index (χ1v) is 5.35. The molecule has 1 aliphatic rings. The Labute approximate surface area is 90.4 Å². The quantitative estimate of drug-likeness (QED) is 0.778. The van der Waals surface area contributed by atoms with E-state index in [1.165, 1.54) is 6.07 Å². The zero-order chi connectivity index (χ0) is 10.1. The number of rotatable bonds is 0. The molecule has 0 saturated carbocycles. The highest BCUT2D eigenvalue weighted by atomic mass is 79.9. The normalized spacial score (nSPS) is 20.9. The van der Waals surface area contributed by atoms with Gasteiger partial charge in [0.05, 0.1) is 11.1 Å². The van der Waals surface area contributed by atoms with Gasteiger partial charge in [-0.25, -0.2) is 4.39 Å². The average Bonchev–Trinajstić information content (AvgIpc) is 2.35. The molecule has 1 aromatic carbocycles. The standard InChI is InChI=1S/C10H11BrFNO/c11-6-3-4-7(12)9-8(13)2-1-5-14-10(6)9/h3-4,8H,1-2,5,13H2/t8-/m1/s1. The van der Waals surface area contributed by atoms with E-state index in [2.05, 4.69) is 15.9 Å². The van der Waals surface area contributed by atoms with Gasteiger partial charge in [0, 0.05) is 11.6 Å². The smallest absolute Gasteiger partial charge is 0.141 e. The Morgan fingerprint density at radius 1 is 1.50 bits per heavy atom. The maximum Gasteiger partial charge on any atom is 0.141 e. The summed E-state index contributed by atoms with van der Waals surface area (Å²) in [5.74, 6) is 0.285. The summed E-state index contributed by atoms with van der Waals surface area (Å²) in [5, 5.41) is 0. The molecule has 14 heavy (non-hydrogen) atoms. The molecule has 0 aromatic heterocycles. The maximum absolute atomic E-state index is 13.5. The first-order chi connectivity index (χ1) is 6.70. The largest absolute Gasteiger partial charge is 0.492 e. The van der Waals surface area contributed by atoms with Crippen LogP contribution in [0.2, 0.25) is 0 Å². The molecule has 0 amide bonds. The fourth-order valence-corrected chi connectivity index (χ4v) is 2.12. The Morgan fingerprint density at radius 3 is 3.07 bits per heavy atom. The minimum absolute atomic E-state index is 0.259. The second-order valence-electron chi connectivity index (χ2n) is 3.37. The Balaban J connectivity index is 2.57. The van der Waals surface area contributed by atoms with Crippen molar-refractivity contribution in [2.45, 2.75) is 18.9 Å². The van der Waals surface area contributed by atoms with Crippen LogP contribution in [0.25, 0.3) is 0 Å². The van der Waals surface area contributed by atoms with Crippen LogP contribution in [0.3, 0.4) is 0 Å². The molecule has 2 rings (SSSR count). The number of nitrogens with two attached hydrogens (primary N) is 1. The maximum atomic E-state index is 13.5. The van der Waals surface area contributed by atoms with Crippen LogP contribution >= 0.6 is 15.9 Å². The van der Waals surface area contributed by atoms with Crippen molar-refractivity contribution >= 4 is 15.9 Å². The van der Waals surface area contributed by atoms with Crippen molar-refractivity contribution in [2.75, 3.05) is 6.61 Å². The van der Waals surface area contributed by atoms with Crippen LogP contribution in [0.5, 0.6) is 5.75 Å². The molecular weight excluding hydrogens is 249 g/mol. The van der Waals surface area contributed by atoms with Crippen LogP contribution in [0.4, 0.5) is 4.39 Å². The third-order valence-electron chi connectivity index (χ3n) is 2.37. The van der Waals surface area contributed by atoms with Gasteiger partial charge >= 0.3 is 0 Å². The van der Waals surface area contributed by atoms with E-state index in [-0.39, 0.29) is 11.9 Å². The zero-order valence-corrected chi connectivity index (χ0v) is 9.18. The van der Waals surface area contributed by atoms with Gasteiger partial charge in [0.25, 0.3) is 0 Å². The SMILES string of the molecule is N[C@@H]1CCCOc2c(Br)ccc(F)c21. The van der Waals surface area contributed by atoms with Crippen molar-refractivity contribution in [3.05, 3.63) is 28.0 Å². The number of halogens is 2. The van der Waals surface area contributed by atoms with Crippen molar-refractivity contribution < 1.29 is 9.13 Å². The van der Waals surface area contributed by atoms with Crippen LogP contribution < -0.4 is 10.5 Å². The van der Waals surface area contributed by atoms with E-state index in [1.807, 2.05) is 0 Å². The Kier molecular flexibility index (Phi) is 2.74.